The molecule has 0 unspecified atom stereocenters. The maximum absolute atomic E-state index is 4.25. The van der Waals surface area contributed by atoms with Crippen molar-refractivity contribution < 1.29 is 0 Å². The molecule has 3 heterocycles. The Balaban J connectivity index is 0.000000129. The molecule has 126 valence electrons. The van der Waals surface area contributed by atoms with E-state index in [1.165, 1.54) is 21.8 Å². The lowest BCUT2D eigenvalue weighted by Crippen LogP contribution is -2.08. The van der Waals surface area contributed by atoms with E-state index < -0.39 is 0 Å². The summed E-state index contributed by atoms with van der Waals surface area (Å²) >= 11 is 0. The maximum Gasteiger partial charge on any atom is 0.0661 e. The Morgan fingerprint density at radius 1 is 0.538 bits per heavy atom. The lowest BCUT2D eigenvalue weighted by molar-refractivity contribution is 1.38. The molecule has 1 N–H and O–H groups in total. The third-order valence-corrected chi connectivity index (χ3v) is 5.10. The van der Waals surface area contributed by atoms with Crippen LogP contribution >= 0.6 is 8.58 Å². The van der Waals surface area contributed by atoms with Gasteiger partial charge in [0.1, 0.15) is 0 Å². The van der Waals surface area contributed by atoms with Gasteiger partial charge in [-0.15, -0.1) is 0 Å². The number of hydrogen-bond acceptors (Lipinski definition) is 2. The van der Waals surface area contributed by atoms with Crippen LogP contribution in [0.5, 0.6) is 0 Å². The molecule has 26 heavy (non-hydrogen) atoms. The quantitative estimate of drug-likeness (QED) is 0.476. The number of nitrogens with zero attached hydrogens (tertiary/aromatic N) is 2. The zero-order valence-corrected chi connectivity index (χ0v) is 15.1. The average molecular weight is 355 g/mol. The average Bonchev–Trinajstić information content (AvgIpc) is 3.09. The van der Waals surface area contributed by atoms with Crippen molar-refractivity contribution in [2.75, 3.05) is 0 Å². The number of fused-ring (bicyclic) bond motifs is 3. The van der Waals surface area contributed by atoms with Crippen molar-refractivity contribution in [2.24, 2.45) is 0 Å². The minimum Gasteiger partial charge on any atom is -0.355 e. The number of H-pyrrole nitrogens is 1. The Morgan fingerprint density at radius 3 is 1.46 bits per heavy atom. The Morgan fingerprint density at radius 2 is 1.00 bits per heavy atom. The summed E-state index contributed by atoms with van der Waals surface area (Å²) in [5.74, 6) is 0. The van der Waals surface area contributed by atoms with E-state index in [2.05, 4.69) is 63.5 Å². The third kappa shape index (κ3) is 3.79. The molecule has 0 fully saturated rings. The lowest BCUT2D eigenvalue weighted by Gasteiger charge is -1.98. The molecule has 2 aromatic carbocycles. The van der Waals surface area contributed by atoms with Gasteiger partial charge in [-0.3, -0.25) is 9.97 Å². The fourth-order valence-electron chi connectivity index (χ4n) is 2.80. The first-order valence-electron chi connectivity index (χ1n) is 8.45. The van der Waals surface area contributed by atoms with Crippen molar-refractivity contribution in [3.8, 4) is 0 Å². The smallest absolute Gasteiger partial charge is 0.0661 e. The standard InChI is InChI=1S/C12H9N.C10H9N2P/c1-3-7-11-9(5-1)10-6-2-4-8-12(10)13-11;1-3-7-11-9(5-1)13-10-6-2-4-8-12-10/h2*1-8,13H. The zero-order chi connectivity index (χ0) is 17.6. The van der Waals surface area contributed by atoms with Gasteiger partial charge in [-0.2, -0.15) is 0 Å². The molecule has 3 aromatic heterocycles. The van der Waals surface area contributed by atoms with Crippen LogP contribution in [0.2, 0.25) is 0 Å². The van der Waals surface area contributed by atoms with Crippen molar-refractivity contribution in [1.82, 2.24) is 15.0 Å². The predicted octanol–water partition coefficient (Wildman–Crippen LogP) is 4.43. The van der Waals surface area contributed by atoms with Crippen molar-refractivity contribution in [3.05, 3.63) is 97.3 Å². The van der Waals surface area contributed by atoms with Gasteiger partial charge < -0.3 is 4.98 Å². The van der Waals surface area contributed by atoms with E-state index in [4.69, 9.17) is 0 Å². The Kier molecular flexibility index (Phi) is 5.00. The molecule has 0 atom stereocenters. The van der Waals surface area contributed by atoms with Gasteiger partial charge >= 0.3 is 0 Å². The SMILES string of the molecule is c1ccc(Pc2ccccn2)nc1.c1ccc2c(c1)[nH]c1ccccc12. The zero-order valence-electron chi connectivity index (χ0n) is 14.1. The first-order chi connectivity index (χ1) is 12.9. The molecule has 0 saturated heterocycles. The minimum atomic E-state index is 0.555. The molecule has 0 amide bonds. The molecular weight excluding hydrogens is 337 g/mol. The molecular formula is C22H18N3P. The molecule has 0 aliphatic rings. The van der Waals surface area contributed by atoms with Crippen LogP contribution in [-0.4, -0.2) is 15.0 Å². The number of nitrogens with one attached hydrogen (secondary N) is 1. The molecule has 0 aliphatic carbocycles. The molecule has 0 bridgehead atoms. The van der Waals surface area contributed by atoms with E-state index in [0.29, 0.717) is 8.58 Å². The highest BCUT2D eigenvalue weighted by Crippen LogP contribution is 2.24. The van der Waals surface area contributed by atoms with E-state index >= 15 is 0 Å². The minimum absolute atomic E-state index is 0.555. The van der Waals surface area contributed by atoms with Crippen LogP contribution in [-0.2, 0) is 0 Å². The van der Waals surface area contributed by atoms with E-state index in [-0.39, 0.29) is 0 Å². The molecule has 0 saturated carbocycles. The monoisotopic (exact) mass is 355 g/mol. The molecule has 0 radical (unpaired) electrons. The van der Waals surface area contributed by atoms with Gasteiger partial charge in [-0.05, 0) is 45.0 Å². The molecule has 5 rings (SSSR count). The normalized spacial score (nSPS) is 10.5. The maximum atomic E-state index is 4.25. The van der Waals surface area contributed by atoms with Crippen LogP contribution in [0.1, 0.15) is 0 Å². The molecule has 5 aromatic rings. The van der Waals surface area contributed by atoms with E-state index in [1.807, 2.05) is 48.8 Å². The molecule has 3 nitrogen and oxygen atoms in total. The van der Waals surface area contributed by atoms with Crippen molar-refractivity contribution in [1.29, 1.82) is 0 Å². The van der Waals surface area contributed by atoms with Gasteiger partial charge in [-0.25, -0.2) is 0 Å². The van der Waals surface area contributed by atoms with Gasteiger partial charge in [0.15, 0.2) is 0 Å². The first-order valence-corrected chi connectivity index (χ1v) is 9.45. The van der Waals surface area contributed by atoms with Crippen LogP contribution < -0.4 is 10.9 Å². The number of hydrogen-bond donors (Lipinski definition) is 1. The molecule has 0 spiro atoms. The largest absolute Gasteiger partial charge is 0.355 e. The molecule has 4 heteroatoms. The summed E-state index contributed by atoms with van der Waals surface area (Å²) in [5.41, 5.74) is 4.59. The second-order valence-electron chi connectivity index (χ2n) is 5.77. The summed E-state index contributed by atoms with van der Waals surface area (Å²) in [4.78, 5) is 11.9. The van der Waals surface area contributed by atoms with E-state index in [1.54, 1.807) is 0 Å². The first kappa shape index (κ1) is 16.4. The van der Waals surface area contributed by atoms with Gasteiger partial charge in [0.2, 0.25) is 0 Å². The highest BCUT2D eigenvalue weighted by Gasteiger charge is 2.00. The topological polar surface area (TPSA) is 41.6 Å². The fraction of sp³-hybridized carbons (Fsp3) is 0. The predicted molar refractivity (Wildman–Crippen MR) is 112 cm³/mol. The van der Waals surface area contributed by atoms with Crippen molar-refractivity contribution in [2.45, 2.75) is 0 Å². The van der Waals surface area contributed by atoms with E-state index in [0.717, 1.165) is 10.9 Å². The Labute approximate surface area is 153 Å². The third-order valence-electron chi connectivity index (χ3n) is 4.00. The van der Waals surface area contributed by atoms with Gasteiger partial charge in [0, 0.05) is 34.2 Å². The number of aromatic nitrogens is 3. The number of pyridine rings is 2. The Bertz CT molecular complexity index is 1020. The fourth-order valence-corrected chi connectivity index (χ4v) is 3.70. The number of benzene rings is 2. The van der Waals surface area contributed by atoms with Crippen LogP contribution in [0.3, 0.4) is 0 Å². The van der Waals surface area contributed by atoms with Crippen LogP contribution in [0, 0.1) is 0 Å². The highest BCUT2D eigenvalue weighted by molar-refractivity contribution is 7.54. The number of rotatable bonds is 2. The van der Waals surface area contributed by atoms with Gasteiger partial charge in [0.05, 0.1) is 10.9 Å². The summed E-state index contributed by atoms with van der Waals surface area (Å²) in [6.07, 6.45) is 3.62. The van der Waals surface area contributed by atoms with Crippen LogP contribution in [0.25, 0.3) is 21.8 Å². The van der Waals surface area contributed by atoms with Crippen LogP contribution in [0.15, 0.2) is 97.3 Å². The number of aromatic amines is 1. The Hall–Kier alpha value is -3.03. The second-order valence-corrected chi connectivity index (χ2v) is 7.05. The van der Waals surface area contributed by atoms with E-state index in [9.17, 15) is 0 Å². The summed E-state index contributed by atoms with van der Waals surface area (Å²) in [7, 11) is 0.555. The van der Waals surface area contributed by atoms with Gasteiger partial charge in [0.25, 0.3) is 0 Å². The summed E-state index contributed by atoms with van der Waals surface area (Å²) in [6.45, 7) is 0. The highest BCUT2D eigenvalue weighted by atomic mass is 31.1. The van der Waals surface area contributed by atoms with Crippen molar-refractivity contribution in [3.63, 3.8) is 0 Å². The summed E-state index contributed by atoms with van der Waals surface area (Å²) in [5, 5.41) is 2.61. The molecule has 0 aliphatic heterocycles. The van der Waals surface area contributed by atoms with Crippen molar-refractivity contribution >= 4 is 41.3 Å². The summed E-state index contributed by atoms with van der Waals surface area (Å²) in [6, 6.07) is 28.6. The summed E-state index contributed by atoms with van der Waals surface area (Å²) < 4.78 is 0. The second kappa shape index (κ2) is 7.90. The van der Waals surface area contributed by atoms with Gasteiger partial charge in [-0.1, -0.05) is 48.5 Å². The number of para-hydroxylation sites is 2. The lowest BCUT2D eigenvalue weighted by atomic mass is 10.2. The van der Waals surface area contributed by atoms with Crippen LogP contribution in [0.4, 0.5) is 0 Å².